The van der Waals surface area contributed by atoms with Gasteiger partial charge in [0.05, 0.1) is 23.4 Å². The summed E-state index contributed by atoms with van der Waals surface area (Å²) >= 11 is 1.64. The van der Waals surface area contributed by atoms with Crippen molar-refractivity contribution in [1.82, 2.24) is 9.97 Å². The normalized spacial score (nSPS) is 12.5. The fourth-order valence-electron chi connectivity index (χ4n) is 2.05. The molecule has 3 aromatic rings. The second-order valence-electron chi connectivity index (χ2n) is 4.50. The third-order valence-corrected chi connectivity index (χ3v) is 4.22. The number of hydrogen-bond donors (Lipinski definition) is 1. The summed E-state index contributed by atoms with van der Waals surface area (Å²) in [6.07, 6.45) is 0.650. The molecule has 2 heterocycles. The van der Waals surface area contributed by atoms with Crippen LogP contribution < -0.4 is 10.5 Å². The van der Waals surface area contributed by atoms with Crippen LogP contribution in [0.1, 0.15) is 16.7 Å². The molecule has 1 atom stereocenters. The van der Waals surface area contributed by atoms with Crippen molar-refractivity contribution in [1.29, 1.82) is 0 Å². The average Bonchev–Trinajstić information content (AvgIpc) is 2.91. The molecule has 0 amide bonds. The van der Waals surface area contributed by atoms with Crippen molar-refractivity contribution in [2.75, 3.05) is 7.11 Å². The number of hydrogen-bond acceptors (Lipinski definition) is 5. The van der Waals surface area contributed by atoms with Crippen molar-refractivity contribution in [2.24, 2.45) is 5.73 Å². The molecule has 0 aliphatic heterocycles. The third-order valence-electron chi connectivity index (χ3n) is 3.05. The number of nitrogens with two attached hydrogens (primary N) is 1. The molecule has 0 radical (unpaired) electrons. The molecule has 2 N–H and O–H groups in total. The number of para-hydroxylation sites is 1. The standard InChI is InChI=1S/C15H15N3OS/c1-19-14-8-4-5-10(17-14)9-11(16)15-18-12-6-2-3-7-13(12)20-15/h2-8,11H,9,16H2,1H3. The van der Waals surface area contributed by atoms with Gasteiger partial charge in [-0.1, -0.05) is 18.2 Å². The highest BCUT2D eigenvalue weighted by atomic mass is 32.1. The van der Waals surface area contributed by atoms with E-state index in [1.807, 2.05) is 36.4 Å². The summed E-state index contributed by atoms with van der Waals surface area (Å²) in [4.78, 5) is 8.97. The summed E-state index contributed by atoms with van der Waals surface area (Å²) in [5.41, 5.74) is 8.16. The first-order chi connectivity index (χ1) is 9.76. The van der Waals surface area contributed by atoms with E-state index in [1.54, 1.807) is 18.4 Å². The van der Waals surface area contributed by atoms with Gasteiger partial charge in [0.15, 0.2) is 0 Å². The Kier molecular flexibility index (Phi) is 3.62. The molecule has 0 saturated carbocycles. The smallest absolute Gasteiger partial charge is 0.213 e. The first-order valence-corrected chi connectivity index (χ1v) is 7.19. The zero-order valence-electron chi connectivity index (χ0n) is 11.1. The Bertz CT molecular complexity index is 693. The van der Waals surface area contributed by atoms with Crippen LogP contribution in [0.15, 0.2) is 42.5 Å². The summed E-state index contributed by atoms with van der Waals surface area (Å²) < 4.78 is 6.29. The van der Waals surface area contributed by atoms with Gasteiger partial charge in [-0.25, -0.2) is 9.97 Å². The van der Waals surface area contributed by atoms with E-state index in [4.69, 9.17) is 10.5 Å². The van der Waals surface area contributed by atoms with Crippen molar-refractivity contribution < 1.29 is 4.74 Å². The molecule has 0 aliphatic carbocycles. The van der Waals surface area contributed by atoms with Gasteiger partial charge in [-0.2, -0.15) is 0 Å². The van der Waals surface area contributed by atoms with Gasteiger partial charge in [0.2, 0.25) is 5.88 Å². The van der Waals surface area contributed by atoms with Gasteiger partial charge < -0.3 is 10.5 Å². The van der Waals surface area contributed by atoms with E-state index in [1.165, 1.54) is 0 Å². The minimum Gasteiger partial charge on any atom is -0.481 e. The summed E-state index contributed by atoms with van der Waals surface area (Å²) in [5, 5.41) is 0.941. The van der Waals surface area contributed by atoms with Crippen LogP contribution in [0, 0.1) is 0 Å². The topological polar surface area (TPSA) is 61.0 Å². The molecule has 5 heteroatoms. The highest BCUT2D eigenvalue weighted by Gasteiger charge is 2.13. The molecule has 0 fully saturated rings. The molecule has 0 saturated heterocycles. The summed E-state index contributed by atoms with van der Waals surface area (Å²) in [7, 11) is 1.61. The van der Waals surface area contributed by atoms with E-state index < -0.39 is 0 Å². The largest absolute Gasteiger partial charge is 0.481 e. The SMILES string of the molecule is COc1cccc(CC(N)c2nc3ccccc3s2)n1. The Morgan fingerprint density at radius 2 is 2.00 bits per heavy atom. The van der Waals surface area contributed by atoms with E-state index in [-0.39, 0.29) is 6.04 Å². The van der Waals surface area contributed by atoms with Crippen LogP contribution in [0.4, 0.5) is 0 Å². The first-order valence-electron chi connectivity index (χ1n) is 6.37. The monoisotopic (exact) mass is 285 g/mol. The third kappa shape index (κ3) is 2.64. The summed E-state index contributed by atoms with van der Waals surface area (Å²) in [6.45, 7) is 0. The van der Waals surface area contributed by atoms with Gasteiger partial charge in [0.25, 0.3) is 0 Å². The van der Waals surface area contributed by atoms with Crippen molar-refractivity contribution in [3.8, 4) is 5.88 Å². The number of thiazole rings is 1. The maximum Gasteiger partial charge on any atom is 0.213 e. The van der Waals surface area contributed by atoms with Crippen LogP contribution >= 0.6 is 11.3 Å². The summed E-state index contributed by atoms with van der Waals surface area (Å²) in [5.74, 6) is 0.610. The van der Waals surface area contributed by atoms with Crippen molar-refractivity contribution in [2.45, 2.75) is 12.5 Å². The van der Waals surface area contributed by atoms with Crippen LogP contribution in [-0.2, 0) is 6.42 Å². The number of pyridine rings is 1. The molecule has 0 bridgehead atoms. The molecule has 4 nitrogen and oxygen atoms in total. The molecule has 0 aliphatic rings. The van der Waals surface area contributed by atoms with Crippen LogP contribution in [0.25, 0.3) is 10.2 Å². The molecular weight excluding hydrogens is 270 g/mol. The Morgan fingerprint density at radius 3 is 2.80 bits per heavy atom. The molecule has 1 unspecified atom stereocenters. The maximum absolute atomic E-state index is 6.25. The van der Waals surface area contributed by atoms with E-state index in [9.17, 15) is 0 Å². The lowest BCUT2D eigenvalue weighted by atomic mass is 10.1. The lowest BCUT2D eigenvalue weighted by Gasteiger charge is -2.08. The van der Waals surface area contributed by atoms with Crippen molar-refractivity contribution in [3.63, 3.8) is 0 Å². The highest BCUT2D eigenvalue weighted by Crippen LogP contribution is 2.26. The molecule has 20 heavy (non-hydrogen) atoms. The number of fused-ring (bicyclic) bond motifs is 1. The average molecular weight is 285 g/mol. The van der Waals surface area contributed by atoms with E-state index in [2.05, 4.69) is 16.0 Å². The zero-order valence-corrected chi connectivity index (χ0v) is 11.9. The van der Waals surface area contributed by atoms with Crippen molar-refractivity contribution in [3.05, 3.63) is 53.2 Å². The molecule has 1 aromatic carbocycles. The first kappa shape index (κ1) is 13.0. The maximum atomic E-state index is 6.25. The van der Waals surface area contributed by atoms with E-state index >= 15 is 0 Å². The second-order valence-corrected chi connectivity index (χ2v) is 5.56. The number of ether oxygens (including phenoxy) is 1. The minimum absolute atomic E-state index is 0.146. The molecule has 3 rings (SSSR count). The fraction of sp³-hybridized carbons (Fsp3) is 0.200. The van der Waals surface area contributed by atoms with Gasteiger partial charge in [0, 0.05) is 18.2 Å². The Labute approximate surface area is 121 Å². The van der Waals surface area contributed by atoms with Crippen LogP contribution in [0.3, 0.4) is 0 Å². The van der Waals surface area contributed by atoms with Gasteiger partial charge in [0.1, 0.15) is 5.01 Å². The Balaban J connectivity index is 1.82. The minimum atomic E-state index is -0.146. The Morgan fingerprint density at radius 1 is 1.15 bits per heavy atom. The molecular formula is C15H15N3OS. The number of benzene rings is 1. The lowest BCUT2D eigenvalue weighted by molar-refractivity contribution is 0.396. The second kappa shape index (κ2) is 5.56. The van der Waals surface area contributed by atoms with Crippen molar-refractivity contribution >= 4 is 21.6 Å². The van der Waals surface area contributed by atoms with E-state index in [0.29, 0.717) is 12.3 Å². The number of rotatable bonds is 4. The Hall–Kier alpha value is -1.98. The van der Waals surface area contributed by atoms with Crippen LogP contribution in [-0.4, -0.2) is 17.1 Å². The van der Waals surface area contributed by atoms with Gasteiger partial charge in [-0.15, -0.1) is 11.3 Å². The van der Waals surface area contributed by atoms with E-state index in [0.717, 1.165) is 20.9 Å². The summed E-state index contributed by atoms with van der Waals surface area (Å²) in [6, 6.07) is 13.6. The lowest BCUT2D eigenvalue weighted by Crippen LogP contribution is -2.13. The number of methoxy groups -OCH3 is 1. The predicted molar refractivity (Wildman–Crippen MR) is 81.0 cm³/mol. The van der Waals surface area contributed by atoms with Gasteiger partial charge >= 0.3 is 0 Å². The molecule has 0 spiro atoms. The zero-order chi connectivity index (χ0) is 13.9. The molecule has 2 aromatic heterocycles. The molecule has 102 valence electrons. The highest BCUT2D eigenvalue weighted by molar-refractivity contribution is 7.18. The predicted octanol–water partition coefficient (Wildman–Crippen LogP) is 2.94. The van der Waals surface area contributed by atoms with Gasteiger partial charge in [-0.05, 0) is 18.2 Å². The van der Waals surface area contributed by atoms with Crippen LogP contribution in [0.5, 0.6) is 5.88 Å². The fourth-order valence-corrected chi connectivity index (χ4v) is 3.02. The quantitative estimate of drug-likeness (QED) is 0.800. The number of nitrogens with zero attached hydrogens (tertiary/aromatic N) is 2. The number of aromatic nitrogens is 2. The van der Waals surface area contributed by atoms with Crippen LogP contribution in [0.2, 0.25) is 0 Å². The van der Waals surface area contributed by atoms with Gasteiger partial charge in [-0.3, -0.25) is 0 Å².